The monoisotopic (exact) mass is 409 g/mol. The number of para-hydroxylation sites is 2. The number of piperidine rings is 2. The van der Waals surface area contributed by atoms with E-state index < -0.39 is 5.91 Å². The van der Waals surface area contributed by atoms with Crippen molar-refractivity contribution in [3.8, 4) is 0 Å². The molecule has 0 radical (unpaired) electrons. The lowest BCUT2D eigenvalue weighted by molar-refractivity contribution is -0.122. The SMILES string of the molecule is CCC/C(=N\OCC(N)=O)c1nc2ccccc2n(C2CC3NC(C2)C2CC32)c1=O. The lowest BCUT2D eigenvalue weighted by atomic mass is 9.94. The predicted molar refractivity (Wildman–Crippen MR) is 113 cm³/mol. The number of hydrogen-bond acceptors (Lipinski definition) is 6. The third kappa shape index (κ3) is 3.29. The van der Waals surface area contributed by atoms with Crippen LogP contribution in [0.25, 0.3) is 11.0 Å². The fourth-order valence-electron chi connectivity index (χ4n) is 5.38. The summed E-state index contributed by atoms with van der Waals surface area (Å²) in [4.78, 5) is 34.4. The zero-order valence-electron chi connectivity index (χ0n) is 17.1. The van der Waals surface area contributed by atoms with E-state index in [0.29, 0.717) is 29.9 Å². The molecule has 4 unspecified atom stereocenters. The lowest BCUT2D eigenvalue weighted by Gasteiger charge is -2.33. The molecule has 1 aliphatic carbocycles. The van der Waals surface area contributed by atoms with Gasteiger partial charge in [0.05, 0.1) is 11.0 Å². The first kappa shape index (κ1) is 19.2. The molecule has 1 aromatic heterocycles. The standard InChI is InChI=1S/C22H27N5O3/c1-2-5-16(26-30-11-20(23)28)21-22(29)27(19-7-4-3-6-15(19)25-21)12-8-17-13-10-14(13)18(9-12)24-17/h3-4,6-7,12-14,17-18,24H,2,5,8-11H2,1H3,(H2,23,28)/b26-16+. The Morgan fingerprint density at radius 1 is 1.27 bits per heavy atom. The number of carbonyl (C=O) groups excluding carboxylic acids is 1. The third-order valence-electron chi connectivity index (χ3n) is 6.71. The van der Waals surface area contributed by atoms with Crippen LogP contribution in [0.5, 0.6) is 0 Å². The molecule has 2 aromatic rings. The number of amides is 1. The van der Waals surface area contributed by atoms with E-state index in [4.69, 9.17) is 10.6 Å². The largest absolute Gasteiger partial charge is 0.385 e. The topological polar surface area (TPSA) is 112 Å². The highest BCUT2D eigenvalue weighted by atomic mass is 16.6. The molecule has 3 N–H and O–H groups in total. The number of oxime groups is 1. The van der Waals surface area contributed by atoms with Crippen molar-refractivity contribution in [2.24, 2.45) is 22.7 Å². The van der Waals surface area contributed by atoms with Crippen LogP contribution in [0.1, 0.15) is 50.8 Å². The third-order valence-corrected chi connectivity index (χ3v) is 6.71. The Labute approximate surface area is 174 Å². The van der Waals surface area contributed by atoms with Crippen LogP contribution in [0, 0.1) is 11.8 Å². The van der Waals surface area contributed by atoms with E-state index in [-0.39, 0.29) is 18.2 Å². The summed E-state index contributed by atoms with van der Waals surface area (Å²) in [6, 6.07) is 8.92. The number of nitrogens with two attached hydrogens (primary N) is 1. The predicted octanol–water partition coefficient (Wildman–Crippen LogP) is 1.71. The number of carbonyl (C=O) groups is 1. The normalized spacial score (nSPS) is 29.6. The highest BCUT2D eigenvalue weighted by Gasteiger charge is 2.57. The Morgan fingerprint density at radius 2 is 2.00 bits per heavy atom. The zero-order valence-corrected chi connectivity index (χ0v) is 17.1. The van der Waals surface area contributed by atoms with E-state index in [1.165, 1.54) is 6.42 Å². The molecule has 0 spiro atoms. The molecule has 2 saturated heterocycles. The van der Waals surface area contributed by atoms with E-state index >= 15 is 0 Å². The summed E-state index contributed by atoms with van der Waals surface area (Å²) in [5.41, 5.74) is 7.40. The molecule has 1 amide bonds. The molecule has 8 heteroatoms. The van der Waals surface area contributed by atoms with Crippen molar-refractivity contribution < 1.29 is 9.63 Å². The van der Waals surface area contributed by atoms with Crippen molar-refractivity contribution >= 4 is 22.7 Å². The molecule has 1 saturated carbocycles. The summed E-state index contributed by atoms with van der Waals surface area (Å²) in [6.45, 7) is 1.68. The van der Waals surface area contributed by atoms with E-state index in [2.05, 4.69) is 15.5 Å². The van der Waals surface area contributed by atoms with Gasteiger partial charge in [-0.15, -0.1) is 0 Å². The fourth-order valence-corrected chi connectivity index (χ4v) is 5.38. The molecule has 158 valence electrons. The van der Waals surface area contributed by atoms with Gasteiger partial charge in [0, 0.05) is 18.1 Å². The minimum absolute atomic E-state index is 0.136. The number of fused-ring (bicyclic) bond motifs is 6. The second kappa shape index (κ2) is 7.50. The van der Waals surface area contributed by atoms with Gasteiger partial charge in [-0.25, -0.2) is 4.98 Å². The quantitative estimate of drug-likeness (QED) is 0.534. The Balaban J connectivity index is 1.59. The summed E-state index contributed by atoms with van der Waals surface area (Å²) < 4.78 is 1.93. The maximum absolute atomic E-state index is 13.7. The minimum atomic E-state index is -0.609. The van der Waals surface area contributed by atoms with E-state index in [1.807, 2.05) is 35.8 Å². The molecule has 4 atom stereocenters. The van der Waals surface area contributed by atoms with Gasteiger partial charge in [-0.2, -0.15) is 0 Å². The summed E-state index contributed by atoms with van der Waals surface area (Å²) >= 11 is 0. The van der Waals surface area contributed by atoms with Crippen LogP contribution in [-0.2, 0) is 9.63 Å². The van der Waals surface area contributed by atoms with Crippen molar-refractivity contribution in [2.75, 3.05) is 6.61 Å². The number of hydrogen-bond donors (Lipinski definition) is 2. The summed E-state index contributed by atoms with van der Waals surface area (Å²) in [5.74, 6) is 0.951. The maximum Gasteiger partial charge on any atom is 0.279 e. The molecule has 3 fully saturated rings. The van der Waals surface area contributed by atoms with Gasteiger partial charge in [-0.3, -0.25) is 9.59 Å². The van der Waals surface area contributed by atoms with Gasteiger partial charge in [0.25, 0.3) is 11.5 Å². The molecular formula is C22H27N5O3. The average molecular weight is 409 g/mol. The first-order chi connectivity index (χ1) is 14.6. The summed E-state index contributed by atoms with van der Waals surface area (Å²) in [5, 5.41) is 7.80. The van der Waals surface area contributed by atoms with Crippen molar-refractivity contribution in [1.82, 2.24) is 14.9 Å². The zero-order chi connectivity index (χ0) is 20.8. The smallest absolute Gasteiger partial charge is 0.279 e. The molecular weight excluding hydrogens is 382 g/mol. The first-order valence-corrected chi connectivity index (χ1v) is 10.8. The van der Waals surface area contributed by atoms with Crippen molar-refractivity contribution in [1.29, 1.82) is 0 Å². The molecule has 30 heavy (non-hydrogen) atoms. The molecule has 2 bridgehead atoms. The molecule has 3 aliphatic rings. The minimum Gasteiger partial charge on any atom is -0.385 e. The Bertz CT molecular complexity index is 1060. The molecule has 8 nitrogen and oxygen atoms in total. The molecule has 1 aromatic carbocycles. The van der Waals surface area contributed by atoms with Crippen LogP contribution in [0.3, 0.4) is 0 Å². The van der Waals surface area contributed by atoms with Crippen LogP contribution >= 0.6 is 0 Å². The lowest BCUT2D eigenvalue weighted by Crippen LogP contribution is -2.45. The molecule has 2 aliphatic heterocycles. The van der Waals surface area contributed by atoms with E-state index in [0.717, 1.165) is 42.1 Å². The number of nitrogens with one attached hydrogen (secondary N) is 1. The van der Waals surface area contributed by atoms with Gasteiger partial charge in [0.15, 0.2) is 12.3 Å². The number of aromatic nitrogens is 2. The van der Waals surface area contributed by atoms with Crippen LogP contribution in [-0.4, -0.2) is 39.9 Å². The van der Waals surface area contributed by atoms with Crippen LogP contribution in [0.15, 0.2) is 34.2 Å². The number of rotatable bonds is 7. The fraction of sp³-hybridized carbons (Fsp3) is 0.545. The van der Waals surface area contributed by atoms with Gasteiger partial charge >= 0.3 is 0 Å². The Kier molecular flexibility index (Phi) is 4.81. The second-order valence-electron chi connectivity index (χ2n) is 8.72. The van der Waals surface area contributed by atoms with Crippen molar-refractivity contribution in [2.45, 2.75) is 57.2 Å². The van der Waals surface area contributed by atoms with Gasteiger partial charge < -0.3 is 20.5 Å². The average Bonchev–Trinajstić information content (AvgIpc) is 3.49. The van der Waals surface area contributed by atoms with Gasteiger partial charge in [-0.05, 0) is 49.7 Å². The Morgan fingerprint density at radius 3 is 2.70 bits per heavy atom. The van der Waals surface area contributed by atoms with Gasteiger partial charge in [-0.1, -0.05) is 30.6 Å². The maximum atomic E-state index is 13.7. The van der Waals surface area contributed by atoms with Gasteiger partial charge in [0.2, 0.25) is 0 Å². The number of benzene rings is 1. The molecule has 3 heterocycles. The van der Waals surface area contributed by atoms with Crippen molar-refractivity contribution in [3.05, 3.63) is 40.3 Å². The molecule has 5 rings (SSSR count). The van der Waals surface area contributed by atoms with Crippen molar-refractivity contribution in [3.63, 3.8) is 0 Å². The number of nitrogens with zero attached hydrogens (tertiary/aromatic N) is 3. The highest BCUT2D eigenvalue weighted by molar-refractivity contribution is 5.99. The Hall–Kier alpha value is -2.74. The number of primary amides is 1. The summed E-state index contributed by atoms with van der Waals surface area (Å²) in [6.07, 6.45) is 4.55. The first-order valence-electron chi connectivity index (χ1n) is 10.8. The van der Waals surface area contributed by atoms with E-state index in [9.17, 15) is 9.59 Å². The second-order valence-corrected chi connectivity index (χ2v) is 8.72. The highest BCUT2D eigenvalue weighted by Crippen LogP contribution is 2.55. The van der Waals surface area contributed by atoms with Crippen LogP contribution in [0.2, 0.25) is 0 Å². The van der Waals surface area contributed by atoms with Crippen LogP contribution < -0.4 is 16.6 Å². The summed E-state index contributed by atoms with van der Waals surface area (Å²) in [7, 11) is 0. The van der Waals surface area contributed by atoms with E-state index in [1.54, 1.807) is 0 Å². The van der Waals surface area contributed by atoms with Crippen LogP contribution in [0.4, 0.5) is 0 Å². The van der Waals surface area contributed by atoms with Gasteiger partial charge in [0.1, 0.15) is 5.71 Å².